The second-order valence-corrected chi connectivity index (χ2v) is 4.78. The lowest BCUT2D eigenvalue weighted by Crippen LogP contribution is -2.16. The number of rotatable bonds is 3. The summed E-state index contributed by atoms with van der Waals surface area (Å²) >= 11 is 0. The van der Waals surface area contributed by atoms with Crippen LogP contribution in [0.25, 0.3) is 10.8 Å². The van der Waals surface area contributed by atoms with Crippen molar-refractivity contribution >= 4 is 10.8 Å². The molecule has 0 heterocycles. The van der Waals surface area contributed by atoms with Gasteiger partial charge in [-0.15, -0.1) is 0 Å². The minimum absolute atomic E-state index is 0.0868. The number of halogens is 3. The predicted molar refractivity (Wildman–Crippen MR) is 70.9 cm³/mol. The SMILES string of the molecule is Cc1ccc(C(N)CCC(F)(F)F)c2ccccc12. The van der Waals surface area contributed by atoms with E-state index in [0.717, 1.165) is 21.9 Å². The molecule has 2 aromatic rings. The van der Waals surface area contributed by atoms with E-state index in [1.165, 1.54) is 0 Å². The molecule has 1 atom stereocenters. The molecule has 2 aromatic carbocycles. The molecule has 19 heavy (non-hydrogen) atoms. The maximum Gasteiger partial charge on any atom is 0.389 e. The highest BCUT2D eigenvalue weighted by Gasteiger charge is 2.28. The molecule has 0 aliphatic rings. The van der Waals surface area contributed by atoms with Gasteiger partial charge in [0.05, 0.1) is 0 Å². The molecule has 0 spiro atoms. The standard InChI is InChI=1S/C15H16F3N/c1-10-6-7-13(12-5-3-2-4-11(10)12)14(19)8-9-15(16,17)18/h2-7,14H,8-9,19H2,1H3. The van der Waals surface area contributed by atoms with Crippen molar-refractivity contribution in [3.8, 4) is 0 Å². The molecule has 0 saturated heterocycles. The van der Waals surface area contributed by atoms with Gasteiger partial charge in [-0.3, -0.25) is 0 Å². The molecule has 2 rings (SSSR count). The summed E-state index contributed by atoms with van der Waals surface area (Å²) in [5.74, 6) is 0. The molecular weight excluding hydrogens is 251 g/mol. The molecule has 2 N–H and O–H groups in total. The lowest BCUT2D eigenvalue weighted by Gasteiger charge is -2.16. The molecule has 0 bridgehead atoms. The van der Waals surface area contributed by atoms with Gasteiger partial charge in [0, 0.05) is 12.5 Å². The number of aryl methyl sites for hydroxylation is 1. The molecule has 0 aromatic heterocycles. The summed E-state index contributed by atoms with van der Waals surface area (Å²) in [5.41, 5.74) is 7.80. The summed E-state index contributed by atoms with van der Waals surface area (Å²) in [6.45, 7) is 1.98. The Hall–Kier alpha value is -1.55. The molecule has 1 nitrogen and oxygen atoms in total. The van der Waals surface area contributed by atoms with Crippen molar-refractivity contribution in [2.24, 2.45) is 5.73 Å². The predicted octanol–water partition coefficient (Wildman–Crippen LogP) is 4.49. The van der Waals surface area contributed by atoms with Crippen LogP contribution < -0.4 is 5.73 Å². The van der Waals surface area contributed by atoms with Gasteiger partial charge in [0.25, 0.3) is 0 Å². The second-order valence-electron chi connectivity index (χ2n) is 4.78. The van der Waals surface area contributed by atoms with Crippen LogP contribution in [-0.4, -0.2) is 6.18 Å². The largest absolute Gasteiger partial charge is 0.389 e. The third-order valence-electron chi connectivity index (χ3n) is 3.31. The van der Waals surface area contributed by atoms with E-state index in [4.69, 9.17) is 5.73 Å². The van der Waals surface area contributed by atoms with Crippen molar-refractivity contribution in [3.05, 3.63) is 47.5 Å². The first kappa shape index (κ1) is 13.9. The van der Waals surface area contributed by atoms with Crippen LogP contribution in [0, 0.1) is 6.92 Å². The molecular formula is C15H16F3N. The van der Waals surface area contributed by atoms with Gasteiger partial charge in [0.1, 0.15) is 0 Å². The minimum Gasteiger partial charge on any atom is -0.324 e. The van der Waals surface area contributed by atoms with Crippen LogP contribution in [0.3, 0.4) is 0 Å². The van der Waals surface area contributed by atoms with E-state index >= 15 is 0 Å². The normalized spacial score (nSPS) is 13.7. The van der Waals surface area contributed by atoms with Gasteiger partial charge in [0.2, 0.25) is 0 Å². The van der Waals surface area contributed by atoms with Gasteiger partial charge in [-0.05, 0) is 35.2 Å². The molecule has 0 amide bonds. The Kier molecular flexibility index (Phi) is 3.80. The van der Waals surface area contributed by atoms with Crippen molar-refractivity contribution < 1.29 is 13.2 Å². The molecule has 102 valence electrons. The van der Waals surface area contributed by atoms with Crippen molar-refractivity contribution in [2.45, 2.75) is 32.0 Å². The fourth-order valence-electron chi connectivity index (χ4n) is 2.27. The van der Waals surface area contributed by atoms with Crippen molar-refractivity contribution in [3.63, 3.8) is 0 Å². The highest BCUT2D eigenvalue weighted by molar-refractivity contribution is 5.88. The van der Waals surface area contributed by atoms with E-state index in [2.05, 4.69) is 0 Å². The van der Waals surface area contributed by atoms with E-state index in [0.29, 0.717) is 0 Å². The average Bonchev–Trinajstić information content (AvgIpc) is 2.36. The van der Waals surface area contributed by atoms with Crippen LogP contribution in [0.1, 0.15) is 30.0 Å². The molecule has 1 unspecified atom stereocenters. The number of benzene rings is 2. The van der Waals surface area contributed by atoms with Gasteiger partial charge in [-0.2, -0.15) is 13.2 Å². The topological polar surface area (TPSA) is 26.0 Å². The third-order valence-corrected chi connectivity index (χ3v) is 3.31. The Balaban J connectivity index is 2.32. The van der Waals surface area contributed by atoms with Crippen LogP contribution >= 0.6 is 0 Å². The monoisotopic (exact) mass is 267 g/mol. The van der Waals surface area contributed by atoms with Gasteiger partial charge < -0.3 is 5.73 Å². The van der Waals surface area contributed by atoms with Gasteiger partial charge in [0.15, 0.2) is 0 Å². The zero-order chi connectivity index (χ0) is 14.0. The molecule has 0 radical (unpaired) electrons. The summed E-state index contributed by atoms with van der Waals surface area (Å²) in [6, 6.07) is 10.8. The Labute approximate surface area is 110 Å². The zero-order valence-electron chi connectivity index (χ0n) is 10.7. The first-order valence-electron chi connectivity index (χ1n) is 6.19. The quantitative estimate of drug-likeness (QED) is 0.871. The smallest absolute Gasteiger partial charge is 0.324 e. The summed E-state index contributed by atoms with van der Waals surface area (Å²) < 4.78 is 36.8. The summed E-state index contributed by atoms with van der Waals surface area (Å²) in [7, 11) is 0. The Morgan fingerprint density at radius 3 is 2.32 bits per heavy atom. The average molecular weight is 267 g/mol. The van der Waals surface area contributed by atoms with Gasteiger partial charge >= 0.3 is 6.18 Å². The fourth-order valence-corrected chi connectivity index (χ4v) is 2.27. The number of nitrogens with two attached hydrogens (primary N) is 1. The Morgan fingerprint density at radius 2 is 1.68 bits per heavy atom. The molecule has 0 fully saturated rings. The van der Waals surface area contributed by atoms with E-state index in [1.54, 1.807) is 0 Å². The minimum atomic E-state index is -4.15. The molecule has 0 saturated carbocycles. The van der Waals surface area contributed by atoms with Crippen LogP contribution in [0.15, 0.2) is 36.4 Å². The zero-order valence-corrected chi connectivity index (χ0v) is 10.7. The van der Waals surface area contributed by atoms with Crippen LogP contribution in [0.2, 0.25) is 0 Å². The number of alkyl halides is 3. The van der Waals surface area contributed by atoms with Crippen molar-refractivity contribution in [1.29, 1.82) is 0 Å². The van der Waals surface area contributed by atoms with E-state index < -0.39 is 18.6 Å². The fraction of sp³-hybridized carbons (Fsp3) is 0.333. The van der Waals surface area contributed by atoms with Crippen molar-refractivity contribution in [2.75, 3.05) is 0 Å². The maximum absolute atomic E-state index is 12.3. The Morgan fingerprint density at radius 1 is 1.05 bits per heavy atom. The highest BCUT2D eigenvalue weighted by atomic mass is 19.4. The number of hydrogen-bond acceptors (Lipinski definition) is 1. The Bertz CT molecular complexity index is 575. The number of hydrogen-bond donors (Lipinski definition) is 1. The molecule has 0 aliphatic carbocycles. The van der Waals surface area contributed by atoms with E-state index in [1.807, 2.05) is 43.3 Å². The van der Waals surface area contributed by atoms with E-state index in [9.17, 15) is 13.2 Å². The second kappa shape index (κ2) is 5.21. The lowest BCUT2D eigenvalue weighted by molar-refractivity contribution is -0.136. The van der Waals surface area contributed by atoms with Gasteiger partial charge in [-0.25, -0.2) is 0 Å². The van der Waals surface area contributed by atoms with Crippen LogP contribution in [-0.2, 0) is 0 Å². The molecule has 4 heteroatoms. The van der Waals surface area contributed by atoms with Crippen LogP contribution in [0.4, 0.5) is 13.2 Å². The number of fused-ring (bicyclic) bond motifs is 1. The summed E-state index contributed by atoms with van der Waals surface area (Å²) in [6.07, 6.45) is -5.09. The summed E-state index contributed by atoms with van der Waals surface area (Å²) in [5, 5.41) is 1.99. The maximum atomic E-state index is 12.3. The van der Waals surface area contributed by atoms with Crippen LogP contribution in [0.5, 0.6) is 0 Å². The lowest BCUT2D eigenvalue weighted by atomic mass is 9.94. The van der Waals surface area contributed by atoms with Crippen molar-refractivity contribution in [1.82, 2.24) is 0 Å². The van der Waals surface area contributed by atoms with E-state index in [-0.39, 0.29) is 6.42 Å². The van der Waals surface area contributed by atoms with Gasteiger partial charge in [-0.1, -0.05) is 36.4 Å². The summed E-state index contributed by atoms with van der Waals surface area (Å²) in [4.78, 5) is 0. The highest BCUT2D eigenvalue weighted by Crippen LogP contribution is 2.31. The first-order valence-corrected chi connectivity index (χ1v) is 6.19. The third kappa shape index (κ3) is 3.26. The first-order chi connectivity index (χ1) is 8.88. The molecule has 0 aliphatic heterocycles.